The summed E-state index contributed by atoms with van der Waals surface area (Å²) in [5.74, 6) is 0. The SMILES string of the molecule is [Cl-].[Cl-].[Cl][Pd][Cl].[Cl][Pd][Cl].c1ccc(C[N+]23CCN(CC2)CC3)cc1.c1ccc(C[N+]23CCN(CC2)CC3)cc1. The van der Waals surface area contributed by atoms with Gasteiger partial charge in [-0.15, -0.1) is 0 Å². The van der Waals surface area contributed by atoms with Crippen molar-refractivity contribution in [3.8, 4) is 0 Å². The molecule has 0 aliphatic carbocycles. The summed E-state index contributed by atoms with van der Waals surface area (Å²) in [5.41, 5.74) is 3.01. The van der Waals surface area contributed by atoms with E-state index < -0.39 is 0 Å². The van der Waals surface area contributed by atoms with Crippen LogP contribution in [0.3, 0.4) is 0 Å². The van der Waals surface area contributed by atoms with E-state index in [1.165, 1.54) is 112 Å². The summed E-state index contributed by atoms with van der Waals surface area (Å²) < 4.78 is 2.67. The molecule has 6 aliphatic heterocycles. The van der Waals surface area contributed by atoms with Gasteiger partial charge in [-0.3, -0.25) is 9.80 Å². The van der Waals surface area contributed by atoms with Crippen LogP contribution in [0.5, 0.6) is 0 Å². The first-order valence-electron chi connectivity index (χ1n) is 12.4. The topological polar surface area (TPSA) is 6.48 Å². The smallest absolute Gasteiger partial charge is 0.104 e. The van der Waals surface area contributed by atoms with E-state index in [1.54, 1.807) is 0 Å². The average Bonchev–Trinajstić information content (AvgIpc) is 2.93. The van der Waals surface area contributed by atoms with Crippen LogP contribution in [0.4, 0.5) is 0 Å². The van der Waals surface area contributed by atoms with Crippen molar-refractivity contribution in [2.75, 3.05) is 78.5 Å². The molecule has 0 unspecified atom stereocenters. The number of hydrogen-bond acceptors (Lipinski definition) is 2. The third-order valence-electron chi connectivity index (χ3n) is 8.07. The molecule has 0 atom stereocenters. The van der Waals surface area contributed by atoms with Gasteiger partial charge >= 0.3 is 70.0 Å². The number of halogens is 6. The van der Waals surface area contributed by atoms with Crippen LogP contribution < -0.4 is 24.8 Å². The quantitative estimate of drug-likeness (QED) is 0.302. The first-order valence-corrected chi connectivity index (χ1v) is 20.4. The first-order chi connectivity index (χ1) is 17.6. The van der Waals surface area contributed by atoms with Gasteiger partial charge in [-0.05, 0) is 0 Å². The molecule has 0 aromatic heterocycles. The molecule has 12 heteroatoms. The number of fused-ring (bicyclic) bond motifs is 6. The average molecular weight is 832 g/mol. The molecule has 6 heterocycles. The zero-order valence-corrected chi connectivity index (χ0v) is 29.0. The third-order valence-corrected chi connectivity index (χ3v) is 8.07. The zero-order chi connectivity index (χ0) is 25.7. The van der Waals surface area contributed by atoms with E-state index in [0.29, 0.717) is 0 Å². The Kier molecular flexibility index (Phi) is 19.9. The maximum atomic E-state index is 4.81. The Morgan fingerprint density at radius 1 is 0.500 bits per heavy atom. The predicted molar refractivity (Wildman–Crippen MR) is 146 cm³/mol. The largest absolute Gasteiger partial charge is 0.317 e. The monoisotopic (exact) mass is 828 g/mol. The minimum Gasteiger partial charge on any atom is -0.317 e. The Morgan fingerprint density at radius 2 is 0.737 bits per heavy atom. The van der Waals surface area contributed by atoms with Crippen LogP contribution in [-0.2, 0) is 45.0 Å². The number of rotatable bonds is 4. The maximum Gasteiger partial charge on any atom is 0.104 e. The molecule has 8 rings (SSSR count). The van der Waals surface area contributed by atoms with Gasteiger partial charge in [0, 0.05) is 50.4 Å². The molecule has 6 saturated heterocycles. The molecule has 2 aromatic carbocycles. The summed E-state index contributed by atoms with van der Waals surface area (Å²) in [5, 5.41) is 0. The second-order valence-electron chi connectivity index (χ2n) is 10.1. The van der Waals surface area contributed by atoms with E-state index in [0.717, 1.165) is 0 Å². The van der Waals surface area contributed by atoms with E-state index in [-0.39, 0.29) is 56.7 Å². The van der Waals surface area contributed by atoms with E-state index >= 15 is 0 Å². The van der Waals surface area contributed by atoms with E-state index in [9.17, 15) is 0 Å². The molecule has 2 aromatic rings. The molecule has 38 heavy (non-hydrogen) atoms. The standard InChI is InChI=1S/2C13H19N2.6ClH.2Pd/c2*1-2-4-13(5-3-1)12-15-9-6-14(7-10-15)8-11-15;;;;;;;;/h2*1-5H,6-12H2;6*1H;;/q2*+1;;;;;;;2*+2/p-6. The van der Waals surface area contributed by atoms with Crippen LogP contribution in [0.25, 0.3) is 0 Å². The van der Waals surface area contributed by atoms with Gasteiger partial charge in [0.2, 0.25) is 0 Å². The van der Waals surface area contributed by atoms with Gasteiger partial charge in [0.25, 0.3) is 0 Å². The van der Waals surface area contributed by atoms with Crippen LogP contribution >= 0.6 is 38.1 Å². The molecular formula is C26H38Cl6N4Pd2. The van der Waals surface area contributed by atoms with Crippen LogP contribution in [0.15, 0.2) is 60.7 Å². The van der Waals surface area contributed by atoms with Crippen molar-refractivity contribution in [1.82, 2.24) is 9.80 Å². The van der Waals surface area contributed by atoms with Crippen molar-refractivity contribution >= 4 is 38.1 Å². The molecule has 224 valence electrons. The van der Waals surface area contributed by atoms with Gasteiger partial charge in [0.15, 0.2) is 0 Å². The molecule has 0 N–H and O–H groups in total. The molecule has 6 fully saturated rings. The number of piperazine rings is 6. The van der Waals surface area contributed by atoms with Crippen molar-refractivity contribution in [3.63, 3.8) is 0 Å². The number of quaternary nitrogens is 2. The van der Waals surface area contributed by atoms with Gasteiger partial charge in [0.1, 0.15) is 13.1 Å². The third kappa shape index (κ3) is 12.3. The molecule has 0 amide bonds. The van der Waals surface area contributed by atoms with E-state index in [1.807, 2.05) is 0 Å². The second-order valence-corrected chi connectivity index (χ2v) is 14.8. The predicted octanol–water partition coefficient (Wildman–Crippen LogP) is -0.574. The number of hydrogen-bond donors (Lipinski definition) is 0. The number of benzene rings is 2. The van der Waals surface area contributed by atoms with Crippen LogP contribution in [-0.4, -0.2) is 97.3 Å². The molecule has 4 bridgehead atoms. The number of nitrogens with zero attached hydrogens (tertiary/aromatic N) is 4. The maximum absolute atomic E-state index is 4.81. The fourth-order valence-electron chi connectivity index (χ4n) is 5.88. The Hall–Kier alpha value is 1.34. The van der Waals surface area contributed by atoms with Crippen molar-refractivity contribution in [3.05, 3.63) is 71.8 Å². The Balaban J connectivity index is 0.000000303. The summed E-state index contributed by atoms with van der Waals surface area (Å²) in [4.78, 5) is 5.20. The molecule has 6 aliphatic rings. The summed E-state index contributed by atoms with van der Waals surface area (Å²) in [6.07, 6.45) is 0. The van der Waals surface area contributed by atoms with Crippen molar-refractivity contribution in [2.45, 2.75) is 13.1 Å². The van der Waals surface area contributed by atoms with Gasteiger partial charge in [-0.2, -0.15) is 0 Å². The fraction of sp³-hybridized carbons (Fsp3) is 0.538. The Morgan fingerprint density at radius 3 is 0.974 bits per heavy atom. The fourth-order valence-corrected chi connectivity index (χ4v) is 5.88. The molecule has 4 nitrogen and oxygen atoms in total. The second kappa shape index (κ2) is 20.3. The van der Waals surface area contributed by atoms with Gasteiger partial charge in [0.05, 0.1) is 39.3 Å². The Bertz CT molecular complexity index is 756. The van der Waals surface area contributed by atoms with Gasteiger partial charge < -0.3 is 33.8 Å². The van der Waals surface area contributed by atoms with Crippen molar-refractivity contribution in [2.24, 2.45) is 0 Å². The summed E-state index contributed by atoms with van der Waals surface area (Å²) in [7, 11) is 19.3. The molecular weight excluding hydrogens is 794 g/mol. The van der Waals surface area contributed by atoms with Crippen molar-refractivity contribution in [1.29, 1.82) is 0 Å². The van der Waals surface area contributed by atoms with Crippen molar-refractivity contribution < 1.29 is 65.7 Å². The first kappa shape index (κ1) is 37.4. The van der Waals surface area contributed by atoms with E-state index in [2.05, 4.69) is 70.5 Å². The summed E-state index contributed by atoms with van der Waals surface area (Å²) in [6, 6.07) is 21.9. The normalized spacial score (nSPS) is 28.2. The minimum atomic E-state index is -0.106. The van der Waals surface area contributed by atoms with E-state index in [4.69, 9.17) is 38.1 Å². The molecule has 0 spiro atoms. The van der Waals surface area contributed by atoms with Crippen LogP contribution in [0, 0.1) is 0 Å². The zero-order valence-electron chi connectivity index (χ0n) is 21.4. The Labute approximate surface area is 274 Å². The molecule has 0 saturated carbocycles. The van der Waals surface area contributed by atoms with Crippen LogP contribution in [0.2, 0.25) is 0 Å². The summed E-state index contributed by atoms with van der Waals surface area (Å²) in [6.45, 7) is 18.5. The van der Waals surface area contributed by atoms with Gasteiger partial charge in [-0.1, -0.05) is 60.7 Å². The summed E-state index contributed by atoms with van der Waals surface area (Å²) >= 11 is -0.211. The van der Waals surface area contributed by atoms with Crippen LogP contribution in [0.1, 0.15) is 11.1 Å². The molecule has 0 radical (unpaired) electrons. The minimum absolute atomic E-state index is 0. The van der Waals surface area contributed by atoms with Gasteiger partial charge in [-0.25, -0.2) is 0 Å².